The zero-order chi connectivity index (χ0) is 16.1. The molecule has 4 heteroatoms. The van der Waals surface area contributed by atoms with E-state index in [4.69, 9.17) is 0 Å². The van der Waals surface area contributed by atoms with E-state index >= 15 is 0 Å². The molecule has 3 rings (SSSR count). The Hall–Kier alpha value is -2.36. The van der Waals surface area contributed by atoms with Gasteiger partial charge in [0.15, 0.2) is 0 Å². The molecule has 0 spiro atoms. The van der Waals surface area contributed by atoms with Gasteiger partial charge in [-0.3, -0.25) is 9.78 Å². The molecule has 0 saturated carbocycles. The predicted molar refractivity (Wildman–Crippen MR) is 94.1 cm³/mol. The molecule has 1 aromatic heterocycles. The Morgan fingerprint density at radius 1 is 1.04 bits per heavy atom. The molecular weight excluding hydrogens is 286 g/mol. The number of rotatable bonds is 3. The summed E-state index contributed by atoms with van der Waals surface area (Å²) in [6, 6.07) is 11.7. The summed E-state index contributed by atoms with van der Waals surface area (Å²) in [5.41, 5.74) is 3.52. The molecule has 2 heterocycles. The standard InChI is InChI=1S/C19H23N3O/c1-15-6-8-16(9-7-15)21-19(23)18-14-17(10-11-20-18)22-12-4-2-3-5-13-22/h6-11,14H,2-5,12-13H2,1H3,(H,21,23). The Bertz CT molecular complexity index is 659. The van der Waals surface area contributed by atoms with E-state index in [0.29, 0.717) is 5.69 Å². The van der Waals surface area contributed by atoms with E-state index in [-0.39, 0.29) is 5.91 Å². The molecule has 0 atom stereocenters. The van der Waals surface area contributed by atoms with Gasteiger partial charge in [0.25, 0.3) is 5.91 Å². The Labute approximate surface area is 137 Å². The van der Waals surface area contributed by atoms with Crippen LogP contribution in [0.1, 0.15) is 41.7 Å². The van der Waals surface area contributed by atoms with Gasteiger partial charge in [0, 0.05) is 30.7 Å². The minimum absolute atomic E-state index is 0.162. The van der Waals surface area contributed by atoms with Gasteiger partial charge in [0.05, 0.1) is 0 Å². The molecule has 1 fully saturated rings. The monoisotopic (exact) mass is 309 g/mol. The lowest BCUT2D eigenvalue weighted by Crippen LogP contribution is -2.24. The minimum atomic E-state index is -0.162. The summed E-state index contributed by atoms with van der Waals surface area (Å²) in [6.07, 6.45) is 6.75. The van der Waals surface area contributed by atoms with E-state index < -0.39 is 0 Å². The molecule has 120 valence electrons. The lowest BCUT2D eigenvalue weighted by molar-refractivity contribution is 0.102. The topological polar surface area (TPSA) is 45.2 Å². The first-order valence-electron chi connectivity index (χ1n) is 8.31. The van der Waals surface area contributed by atoms with Crippen molar-refractivity contribution < 1.29 is 4.79 Å². The largest absolute Gasteiger partial charge is 0.371 e. The van der Waals surface area contributed by atoms with Gasteiger partial charge in [-0.25, -0.2) is 0 Å². The predicted octanol–water partition coefficient (Wildman–Crippen LogP) is 4.02. The summed E-state index contributed by atoms with van der Waals surface area (Å²) in [4.78, 5) is 19.0. The number of nitrogens with one attached hydrogen (secondary N) is 1. The summed E-state index contributed by atoms with van der Waals surface area (Å²) in [7, 11) is 0. The number of amides is 1. The summed E-state index contributed by atoms with van der Waals surface area (Å²) < 4.78 is 0. The Morgan fingerprint density at radius 2 is 1.74 bits per heavy atom. The Morgan fingerprint density at radius 3 is 2.43 bits per heavy atom. The van der Waals surface area contributed by atoms with Crippen LogP contribution in [0.2, 0.25) is 0 Å². The fourth-order valence-electron chi connectivity index (χ4n) is 2.90. The van der Waals surface area contributed by atoms with E-state index in [2.05, 4.69) is 15.2 Å². The van der Waals surface area contributed by atoms with E-state index in [9.17, 15) is 4.79 Å². The van der Waals surface area contributed by atoms with Gasteiger partial charge in [-0.15, -0.1) is 0 Å². The summed E-state index contributed by atoms with van der Waals surface area (Å²) in [5.74, 6) is -0.162. The van der Waals surface area contributed by atoms with Crippen LogP contribution in [-0.2, 0) is 0 Å². The normalized spacial score (nSPS) is 15.1. The van der Waals surface area contributed by atoms with Crippen molar-refractivity contribution in [3.8, 4) is 0 Å². The van der Waals surface area contributed by atoms with E-state index in [1.807, 2.05) is 43.3 Å². The van der Waals surface area contributed by atoms with Gasteiger partial charge in [0.1, 0.15) is 5.69 Å². The number of aromatic nitrogens is 1. The zero-order valence-corrected chi connectivity index (χ0v) is 13.6. The molecule has 1 amide bonds. The van der Waals surface area contributed by atoms with Gasteiger partial charge < -0.3 is 10.2 Å². The first-order chi connectivity index (χ1) is 11.2. The maximum Gasteiger partial charge on any atom is 0.274 e. The van der Waals surface area contributed by atoms with Gasteiger partial charge in [0.2, 0.25) is 0 Å². The quantitative estimate of drug-likeness (QED) is 0.931. The number of aryl methyl sites for hydroxylation is 1. The third-order valence-electron chi connectivity index (χ3n) is 4.26. The molecule has 2 aromatic rings. The third-order valence-corrected chi connectivity index (χ3v) is 4.26. The van der Waals surface area contributed by atoms with Crippen LogP contribution in [0, 0.1) is 6.92 Å². The third kappa shape index (κ3) is 4.09. The van der Waals surface area contributed by atoms with E-state index in [0.717, 1.165) is 24.5 Å². The number of pyridine rings is 1. The van der Waals surface area contributed by atoms with E-state index in [1.165, 1.54) is 31.2 Å². The van der Waals surface area contributed by atoms with Crippen LogP contribution in [-0.4, -0.2) is 24.0 Å². The number of hydrogen-bond donors (Lipinski definition) is 1. The first-order valence-corrected chi connectivity index (χ1v) is 8.31. The molecule has 0 radical (unpaired) electrons. The van der Waals surface area contributed by atoms with Crippen molar-refractivity contribution in [3.05, 3.63) is 53.9 Å². The molecular formula is C19H23N3O. The number of carbonyl (C=O) groups is 1. The molecule has 23 heavy (non-hydrogen) atoms. The smallest absolute Gasteiger partial charge is 0.274 e. The molecule has 1 N–H and O–H groups in total. The van der Waals surface area contributed by atoms with Crippen LogP contribution in [0.25, 0.3) is 0 Å². The van der Waals surface area contributed by atoms with Gasteiger partial charge >= 0.3 is 0 Å². The van der Waals surface area contributed by atoms with Gasteiger partial charge in [-0.05, 0) is 44.0 Å². The number of nitrogens with zero attached hydrogens (tertiary/aromatic N) is 2. The fourth-order valence-corrected chi connectivity index (χ4v) is 2.90. The second kappa shape index (κ2) is 7.27. The number of carbonyl (C=O) groups excluding carboxylic acids is 1. The molecule has 0 aliphatic carbocycles. The van der Waals surface area contributed by atoms with Crippen LogP contribution in [0.4, 0.5) is 11.4 Å². The second-order valence-electron chi connectivity index (χ2n) is 6.12. The summed E-state index contributed by atoms with van der Waals surface area (Å²) in [5, 5.41) is 2.91. The highest BCUT2D eigenvalue weighted by molar-refractivity contribution is 6.03. The number of hydrogen-bond acceptors (Lipinski definition) is 3. The molecule has 1 aliphatic rings. The number of anilines is 2. The fraction of sp³-hybridized carbons (Fsp3) is 0.368. The highest BCUT2D eigenvalue weighted by atomic mass is 16.1. The Kier molecular flexibility index (Phi) is 4.91. The molecule has 1 saturated heterocycles. The zero-order valence-electron chi connectivity index (χ0n) is 13.6. The van der Waals surface area contributed by atoms with Gasteiger partial charge in [-0.2, -0.15) is 0 Å². The van der Waals surface area contributed by atoms with Crippen LogP contribution in [0.5, 0.6) is 0 Å². The van der Waals surface area contributed by atoms with Crippen molar-refractivity contribution in [3.63, 3.8) is 0 Å². The van der Waals surface area contributed by atoms with Crippen molar-refractivity contribution in [1.29, 1.82) is 0 Å². The first kappa shape index (κ1) is 15.5. The highest BCUT2D eigenvalue weighted by Crippen LogP contribution is 2.20. The van der Waals surface area contributed by atoms with Crippen LogP contribution in [0.15, 0.2) is 42.6 Å². The van der Waals surface area contributed by atoms with Crippen molar-refractivity contribution >= 4 is 17.3 Å². The van der Waals surface area contributed by atoms with Crippen LogP contribution >= 0.6 is 0 Å². The van der Waals surface area contributed by atoms with Crippen molar-refractivity contribution in [2.24, 2.45) is 0 Å². The average Bonchev–Trinajstić information content (AvgIpc) is 2.86. The molecule has 1 aliphatic heterocycles. The maximum absolute atomic E-state index is 12.4. The van der Waals surface area contributed by atoms with Crippen molar-refractivity contribution in [1.82, 2.24) is 4.98 Å². The summed E-state index contributed by atoms with van der Waals surface area (Å²) in [6.45, 7) is 4.14. The van der Waals surface area contributed by atoms with Crippen molar-refractivity contribution in [2.45, 2.75) is 32.6 Å². The second-order valence-corrected chi connectivity index (χ2v) is 6.12. The van der Waals surface area contributed by atoms with Gasteiger partial charge in [-0.1, -0.05) is 30.5 Å². The lowest BCUT2D eigenvalue weighted by atomic mass is 10.2. The lowest BCUT2D eigenvalue weighted by Gasteiger charge is -2.22. The van der Waals surface area contributed by atoms with Crippen molar-refractivity contribution in [2.75, 3.05) is 23.3 Å². The molecule has 0 unspecified atom stereocenters. The van der Waals surface area contributed by atoms with E-state index in [1.54, 1.807) is 6.20 Å². The maximum atomic E-state index is 12.4. The van der Waals surface area contributed by atoms with Crippen LogP contribution < -0.4 is 10.2 Å². The SMILES string of the molecule is Cc1ccc(NC(=O)c2cc(N3CCCCCC3)ccn2)cc1. The van der Waals surface area contributed by atoms with Crippen LogP contribution in [0.3, 0.4) is 0 Å². The molecule has 0 bridgehead atoms. The highest BCUT2D eigenvalue weighted by Gasteiger charge is 2.13. The summed E-state index contributed by atoms with van der Waals surface area (Å²) >= 11 is 0. The minimum Gasteiger partial charge on any atom is -0.371 e. The molecule has 4 nitrogen and oxygen atoms in total. The number of benzene rings is 1. The Balaban J connectivity index is 1.73. The molecule has 1 aromatic carbocycles. The average molecular weight is 309 g/mol.